The number of aromatic carboxylic acids is 1. The van der Waals surface area contributed by atoms with Crippen LogP contribution in [0.5, 0.6) is 0 Å². The first-order valence-corrected chi connectivity index (χ1v) is 3.33. The Bertz CT molecular complexity index is 379. The van der Waals surface area contributed by atoms with E-state index in [1.54, 1.807) is 0 Å². The fraction of sp³-hybridized carbons (Fsp3) is 0. The molecule has 0 aliphatic heterocycles. The molecule has 1 aromatic rings. The van der Waals surface area contributed by atoms with Gasteiger partial charge in [-0.05, 0) is 18.2 Å². The quantitative estimate of drug-likeness (QED) is 0.679. The van der Waals surface area contributed by atoms with Crippen LogP contribution < -0.4 is 17.0 Å². The van der Waals surface area contributed by atoms with Crippen LogP contribution >= 0.6 is 0 Å². The van der Waals surface area contributed by atoms with Gasteiger partial charge >= 0.3 is 0 Å². The molecule has 1 amide bonds. The van der Waals surface area contributed by atoms with Gasteiger partial charge in [0.2, 0.25) is 5.91 Å². The molecule has 0 saturated heterocycles. The van der Waals surface area contributed by atoms with Crippen molar-refractivity contribution < 1.29 is 19.1 Å². The van der Waals surface area contributed by atoms with Crippen LogP contribution in [0.4, 0.5) is 4.39 Å². The van der Waals surface area contributed by atoms with E-state index in [1.807, 2.05) is 0 Å². The lowest BCUT2D eigenvalue weighted by Crippen LogP contribution is -2.26. The Hall–Kier alpha value is -1.95. The third-order valence-electron chi connectivity index (χ3n) is 1.47. The van der Waals surface area contributed by atoms with E-state index in [0.29, 0.717) is 6.07 Å². The lowest BCUT2D eigenvalue weighted by atomic mass is 10.1. The number of halogens is 1. The van der Waals surface area contributed by atoms with Crippen LogP contribution in [0.3, 0.4) is 0 Å². The Morgan fingerprint density at radius 1 is 1.29 bits per heavy atom. The molecule has 0 aliphatic rings. The van der Waals surface area contributed by atoms with E-state index in [4.69, 9.17) is 5.73 Å². The molecule has 6 heteroatoms. The summed E-state index contributed by atoms with van der Waals surface area (Å²) in [4.78, 5) is 21.0. The number of hydrogen-bond acceptors (Lipinski definition) is 3. The van der Waals surface area contributed by atoms with Crippen LogP contribution in [-0.2, 0) is 0 Å². The molecule has 6 N–H and O–H groups in total. The van der Waals surface area contributed by atoms with Crippen LogP contribution in [0.2, 0.25) is 0 Å². The first-order chi connectivity index (χ1) is 6.02. The molecule has 0 fully saturated rings. The lowest BCUT2D eigenvalue weighted by molar-refractivity contribution is -0.255. The monoisotopic (exact) mass is 200 g/mol. The van der Waals surface area contributed by atoms with E-state index in [0.717, 1.165) is 12.1 Å². The van der Waals surface area contributed by atoms with Crippen molar-refractivity contribution in [1.82, 2.24) is 6.15 Å². The Morgan fingerprint density at radius 2 is 1.86 bits per heavy atom. The van der Waals surface area contributed by atoms with Gasteiger partial charge in [-0.25, -0.2) is 4.39 Å². The van der Waals surface area contributed by atoms with Gasteiger partial charge in [-0.15, -0.1) is 0 Å². The first-order valence-electron chi connectivity index (χ1n) is 3.33. The molecule has 1 rings (SSSR count). The zero-order valence-corrected chi connectivity index (χ0v) is 7.41. The van der Waals surface area contributed by atoms with Gasteiger partial charge in [-0.3, -0.25) is 4.79 Å². The summed E-state index contributed by atoms with van der Waals surface area (Å²) < 4.78 is 12.5. The molecular formula is C8H9FN2O3. The zero-order chi connectivity index (χ0) is 10.0. The third-order valence-corrected chi connectivity index (χ3v) is 1.47. The van der Waals surface area contributed by atoms with Crippen molar-refractivity contribution in [3.05, 3.63) is 35.1 Å². The smallest absolute Gasteiger partial charge is 0.249 e. The van der Waals surface area contributed by atoms with E-state index in [9.17, 15) is 19.1 Å². The minimum absolute atomic E-state index is 0. The molecule has 0 aliphatic carbocycles. The van der Waals surface area contributed by atoms with Gasteiger partial charge in [0.1, 0.15) is 5.82 Å². The number of carboxylic acids is 1. The van der Waals surface area contributed by atoms with E-state index in [-0.39, 0.29) is 11.7 Å². The van der Waals surface area contributed by atoms with E-state index in [1.165, 1.54) is 0 Å². The Morgan fingerprint density at radius 3 is 2.29 bits per heavy atom. The topological polar surface area (TPSA) is 120 Å². The van der Waals surface area contributed by atoms with E-state index < -0.39 is 23.3 Å². The van der Waals surface area contributed by atoms with Gasteiger partial charge in [0.25, 0.3) is 0 Å². The molecular weight excluding hydrogens is 191 g/mol. The second kappa shape index (κ2) is 4.33. The summed E-state index contributed by atoms with van der Waals surface area (Å²) in [6.07, 6.45) is 0. The zero-order valence-electron chi connectivity index (χ0n) is 7.41. The highest BCUT2D eigenvalue weighted by Gasteiger charge is 2.09. The average molecular weight is 200 g/mol. The lowest BCUT2D eigenvalue weighted by Gasteiger charge is -2.06. The van der Waals surface area contributed by atoms with Crippen molar-refractivity contribution in [2.24, 2.45) is 5.73 Å². The first kappa shape index (κ1) is 12.0. The molecule has 0 bridgehead atoms. The molecule has 0 spiro atoms. The van der Waals surface area contributed by atoms with Crippen LogP contribution in [-0.4, -0.2) is 11.9 Å². The molecule has 0 unspecified atom stereocenters. The maximum Gasteiger partial charge on any atom is 0.249 e. The summed E-state index contributed by atoms with van der Waals surface area (Å²) in [6.45, 7) is 0. The van der Waals surface area contributed by atoms with Gasteiger partial charge in [-0.2, -0.15) is 0 Å². The number of nitrogens with two attached hydrogens (primary N) is 1. The maximum absolute atomic E-state index is 12.5. The average Bonchev–Trinajstić information content (AvgIpc) is 2.03. The molecule has 5 nitrogen and oxygen atoms in total. The summed E-state index contributed by atoms with van der Waals surface area (Å²) in [5.74, 6) is -3.32. The number of primary amides is 1. The van der Waals surface area contributed by atoms with Crippen molar-refractivity contribution in [2.75, 3.05) is 0 Å². The summed E-state index contributed by atoms with van der Waals surface area (Å²) in [7, 11) is 0. The van der Waals surface area contributed by atoms with Gasteiger partial charge in [0.15, 0.2) is 0 Å². The largest absolute Gasteiger partial charge is 0.545 e. The minimum atomic E-state index is -1.63. The number of carbonyl (C=O) groups excluding carboxylic acids is 2. The van der Waals surface area contributed by atoms with Gasteiger partial charge < -0.3 is 21.8 Å². The number of hydrogen-bond donors (Lipinski definition) is 2. The van der Waals surface area contributed by atoms with Gasteiger partial charge in [-0.1, -0.05) is 0 Å². The van der Waals surface area contributed by atoms with Gasteiger partial charge in [0, 0.05) is 11.1 Å². The SMILES string of the molecule is NC(=O)c1ccc(F)cc1C(=O)[O-].[NH4+]. The molecule has 76 valence electrons. The summed E-state index contributed by atoms with van der Waals surface area (Å²) in [5, 5.41) is 10.4. The van der Waals surface area contributed by atoms with Crippen LogP contribution in [0.1, 0.15) is 20.7 Å². The number of rotatable bonds is 2. The normalized spacial score (nSPS) is 8.93. The predicted octanol–water partition coefficient (Wildman–Crippen LogP) is -0.336. The summed E-state index contributed by atoms with van der Waals surface area (Å²) >= 11 is 0. The molecule has 1 aromatic carbocycles. The number of carboxylic acid groups (broad SMARTS) is 1. The Balaban J connectivity index is 0.00000169. The standard InChI is InChI=1S/C8H6FNO3.H3N/c9-4-1-2-5(7(10)11)6(3-4)8(12)13;/h1-3H,(H2,10,11)(H,12,13);1H3. The van der Waals surface area contributed by atoms with E-state index in [2.05, 4.69) is 0 Å². The second-order valence-electron chi connectivity index (χ2n) is 2.34. The molecule has 14 heavy (non-hydrogen) atoms. The van der Waals surface area contributed by atoms with Crippen LogP contribution in [0.25, 0.3) is 0 Å². The molecule has 0 radical (unpaired) electrons. The molecule has 0 saturated carbocycles. The predicted molar refractivity (Wildman–Crippen MR) is 45.2 cm³/mol. The third kappa shape index (κ3) is 2.27. The number of carbonyl (C=O) groups is 2. The van der Waals surface area contributed by atoms with E-state index >= 15 is 0 Å². The number of quaternary nitrogens is 1. The highest BCUT2D eigenvalue weighted by atomic mass is 19.1. The van der Waals surface area contributed by atoms with Crippen molar-refractivity contribution >= 4 is 11.9 Å². The fourth-order valence-corrected chi connectivity index (χ4v) is 0.900. The van der Waals surface area contributed by atoms with Crippen LogP contribution in [0.15, 0.2) is 18.2 Å². The van der Waals surface area contributed by atoms with Crippen molar-refractivity contribution in [2.45, 2.75) is 0 Å². The van der Waals surface area contributed by atoms with Crippen molar-refractivity contribution in [1.29, 1.82) is 0 Å². The van der Waals surface area contributed by atoms with Crippen molar-refractivity contribution in [3.63, 3.8) is 0 Å². The summed E-state index contributed by atoms with van der Waals surface area (Å²) in [6, 6.07) is 2.64. The molecule has 0 aromatic heterocycles. The fourth-order valence-electron chi connectivity index (χ4n) is 0.900. The molecule has 0 heterocycles. The Labute approximate surface area is 78.9 Å². The minimum Gasteiger partial charge on any atom is -0.545 e. The van der Waals surface area contributed by atoms with Crippen molar-refractivity contribution in [3.8, 4) is 0 Å². The summed E-state index contributed by atoms with van der Waals surface area (Å²) in [5.41, 5.74) is 4.05. The van der Waals surface area contributed by atoms with Crippen LogP contribution in [0, 0.1) is 5.82 Å². The second-order valence-corrected chi connectivity index (χ2v) is 2.34. The Kier molecular flexibility index (Phi) is 3.73. The highest BCUT2D eigenvalue weighted by molar-refractivity contribution is 6.03. The maximum atomic E-state index is 12.5. The van der Waals surface area contributed by atoms with Gasteiger partial charge in [0.05, 0.1) is 5.97 Å². The highest BCUT2D eigenvalue weighted by Crippen LogP contribution is 2.09. The number of amides is 1. The number of benzene rings is 1. The molecule has 0 atom stereocenters.